The largest absolute Gasteiger partial charge is 0.507 e. The molecule has 8 heteroatoms. The van der Waals surface area contributed by atoms with Crippen LogP contribution in [0.15, 0.2) is 43.0 Å². The number of nitrogens with zero attached hydrogens (tertiary/aromatic N) is 3. The summed E-state index contributed by atoms with van der Waals surface area (Å²) in [4.78, 5) is 18.9. The maximum absolute atomic E-state index is 12.5. The molecule has 8 nitrogen and oxygen atoms in total. The van der Waals surface area contributed by atoms with Crippen molar-refractivity contribution in [2.24, 2.45) is 0 Å². The van der Waals surface area contributed by atoms with Gasteiger partial charge in [-0.05, 0) is 49.1 Å². The van der Waals surface area contributed by atoms with Crippen LogP contribution in [0.5, 0.6) is 11.5 Å². The number of phenolic OH excluding ortho intramolecular Hbond substituents is 1. The third-order valence-electron chi connectivity index (χ3n) is 6.95. The first-order chi connectivity index (χ1) is 17.6. The zero-order valence-corrected chi connectivity index (χ0v) is 23.0. The highest BCUT2D eigenvalue weighted by Gasteiger charge is 2.26. The lowest BCUT2D eigenvalue weighted by Crippen LogP contribution is -2.48. The lowest BCUT2D eigenvalue weighted by Gasteiger charge is -2.37. The van der Waals surface area contributed by atoms with Gasteiger partial charge in [-0.25, -0.2) is 0 Å². The Hall–Kier alpha value is -3.36. The first-order valence-electron chi connectivity index (χ1n) is 12.8. The standard InChI is InChI=1S/C29H41N5O3/c1-19(2)24-16-25(26(35)17-27(24)37-7)21(5)34(28(30)29(36)31-6)23-10-8-22(9-11-23)18-32-12-14-33(15-13-32)20(3)4/h8-11,16-17,19-20,30,35H,5,12-15,18H2,1-4,6-7H3,(H,31,36). The maximum Gasteiger partial charge on any atom is 0.286 e. The van der Waals surface area contributed by atoms with E-state index in [0.717, 1.165) is 43.9 Å². The van der Waals surface area contributed by atoms with E-state index in [2.05, 4.69) is 35.5 Å². The molecule has 1 aliphatic heterocycles. The summed E-state index contributed by atoms with van der Waals surface area (Å²) in [5, 5.41) is 21.9. The van der Waals surface area contributed by atoms with Gasteiger partial charge in [0.05, 0.1) is 12.8 Å². The van der Waals surface area contributed by atoms with Crippen LogP contribution in [0.3, 0.4) is 0 Å². The molecule has 37 heavy (non-hydrogen) atoms. The molecule has 3 N–H and O–H groups in total. The Morgan fingerprint density at radius 2 is 1.76 bits per heavy atom. The number of rotatable bonds is 8. The summed E-state index contributed by atoms with van der Waals surface area (Å²) in [5.74, 6) is -0.152. The van der Waals surface area contributed by atoms with E-state index in [4.69, 9.17) is 10.1 Å². The van der Waals surface area contributed by atoms with Crippen molar-refractivity contribution in [3.8, 4) is 11.5 Å². The van der Waals surface area contributed by atoms with Crippen LogP contribution in [0.25, 0.3) is 5.70 Å². The van der Waals surface area contributed by atoms with Crippen molar-refractivity contribution in [2.45, 2.75) is 46.2 Å². The zero-order valence-electron chi connectivity index (χ0n) is 23.0. The van der Waals surface area contributed by atoms with Gasteiger partial charge < -0.3 is 15.2 Å². The van der Waals surface area contributed by atoms with E-state index < -0.39 is 5.91 Å². The number of benzene rings is 2. The average Bonchev–Trinajstić information content (AvgIpc) is 2.88. The summed E-state index contributed by atoms with van der Waals surface area (Å²) < 4.78 is 5.45. The molecule has 1 amide bonds. The van der Waals surface area contributed by atoms with Crippen LogP contribution < -0.4 is 15.0 Å². The number of hydrogen-bond acceptors (Lipinski definition) is 6. The number of ether oxygens (including phenoxy) is 1. The molecule has 1 heterocycles. The maximum atomic E-state index is 12.5. The summed E-state index contributed by atoms with van der Waals surface area (Å²) >= 11 is 0. The number of carbonyl (C=O) groups excluding carboxylic acids is 1. The van der Waals surface area contributed by atoms with Crippen molar-refractivity contribution < 1.29 is 14.6 Å². The average molecular weight is 508 g/mol. The second kappa shape index (κ2) is 12.3. The predicted octanol–water partition coefficient (Wildman–Crippen LogP) is 4.25. The second-order valence-electron chi connectivity index (χ2n) is 10.0. The van der Waals surface area contributed by atoms with Gasteiger partial charge in [-0.15, -0.1) is 0 Å². The van der Waals surface area contributed by atoms with Crippen LogP contribution in [-0.2, 0) is 11.3 Å². The van der Waals surface area contributed by atoms with Crippen LogP contribution in [0.4, 0.5) is 5.69 Å². The minimum absolute atomic E-state index is 0.0295. The van der Waals surface area contributed by atoms with Crippen LogP contribution in [0.1, 0.15) is 50.3 Å². The Balaban J connectivity index is 1.89. The Bertz CT molecular complexity index is 1120. The van der Waals surface area contributed by atoms with Crippen LogP contribution in [-0.4, -0.2) is 73.0 Å². The number of piperazine rings is 1. The molecule has 0 bridgehead atoms. The summed E-state index contributed by atoms with van der Waals surface area (Å²) in [6, 6.07) is 11.8. The second-order valence-corrected chi connectivity index (χ2v) is 10.0. The Morgan fingerprint density at radius 1 is 1.14 bits per heavy atom. The molecule has 1 fully saturated rings. The highest BCUT2D eigenvalue weighted by Crippen LogP contribution is 2.38. The molecular weight excluding hydrogens is 466 g/mol. The SMILES string of the molecule is C=C(c1cc(C(C)C)c(OC)cc1O)N(C(=N)C(=O)NC)c1ccc(CN2CCN(C(C)C)CC2)cc1. The number of anilines is 1. The normalized spacial score (nSPS) is 14.6. The van der Waals surface area contributed by atoms with Crippen molar-refractivity contribution >= 4 is 23.1 Å². The minimum Gasteiger partial charge on any atom is -0.507 e. The molecule has 3 rings (SSSR count). The monoisotopic (exact) mass is 507 g/mol. The van der Waals surface area contributed by atoms with Crippen molar-refractivity contribution in [3.05, 3.63) is 59.7 Å². The van der Waals surface area contributed by atoms with Gasteiger partial charge in [0.2, 0.25) is 0 Å². The predicted molar refractivity (Wildman–Crippen MR) is 150 cm³/mol. The van der Waals surface area contributed by atoms with Gasteiger partial charge in [0.1, 0.15) is 11.5 Å². The molecule has 0 radical (unpaired) electrons. The molecule has 2 aromatic rings. The van der Waals surface area contributed by atoms with E-state index in [9.17, 15) is 9.90 Å². The third-order valence-corrected chi connectivity index (χ3v) is 6.95. The highest BCUT2D eigenvalue weighted by molar-refractivity contribution is 6.44. The van der Waals surface area contributed by atoms with Gasteiger partial charge in [0.15, 0.2) is 5.84 Å². The minimum atomic E-state index is -0.551. The van der Waals surface area contributed by atoms with Crippen molar-refractivity contribution in [3.63, 3.8) is 0 Å². The van der Waals surface area contributed by atoms with Crippen molar-refractivity contribution in [1.29, 1.82) is 5.41 Å². The Labute approximate surface area is 221 Å². The fourth-order valence-corrected chi connectivity index (χ4v) is 4.65. The summed E-state index contributed by atoms with van der Waals surface area (Å²) in [7, 11) is 3.05. The number of carbonyl (C=O) groups is 1. The fraction of sp³-hybridized carbons (Fsp3) is 0.448. The van der Waals surface area contributed by atoms with E-state index in [1.165, 1.54) is 11.9 Å². The number of aromatic hydroxyl groups is 1. The number of hydrogen-bond donors (Lipinski definition) is 3. The number of phenols is 1. The third kappa shape index (κ3) is 6.50. The lowest BCUT2D eigenvalue weighted by molar-refractivity contribution is -0.114. The molecule has 1 saturated heterocycles. The smallest absolute Gasteiger partial charge is 0.286 e. The fourth-order valence-electron chi connectivity index (χ4n) is 4.65. The number of likely N-dealkylation sites (N-methyl/N-ethyl adjacent to an activating group) is 1. The Kier molecular flexibility index (Phi) is 9.34. The van der Waals surface area contributed by atoms with Crippen LogP contribution in [0, 0.1) is 5.41 Å². The van der Waals surface area contributed by atoms with Crippen LogP contribution >= 0.6 is 0 Å². The Morgan fingerprint density at radius 3 is 2.27 bits per heavy atom. The number of nitrogens with one attached hydrogen (secondary N) is 2. The molecule has 1 aliphatic rings. The quantitative estimate of drug-likeness (QED) is 0.366. The first kappa shape index (κ1) is 28.2. The van der Waals surface area contributed by atoms with E-state index in [0.29, 0.717) is 28.7 Å². The van der Waals surface area contributed by atoms with E-state index in [1.807, 2.05) is 44.2 Å². The van der Waals surface area contributed by atoms with Crippen molar-refractivity contribution in [1.82, 2.24) is 15.1 Å². The van der Waals surface area contributed by atoms with Gasteiger partial charge in [0.25, 0.3) is 5.91 Å². The molecule has 0 spiro atoms. The van der Waals surface area contributed by atoms with Gasteiger partial charge >= 0.3 is 0 Å². The molecular formula is C29H41N5O3. The molecule has 0 unspecified atom stereocenters. The zero-order chi connectivity index (χ0) is 27.3. The number of amides is 1. The number of methoxy groups -OCH3 is 1. The summed E-state index contributed by atoms with van der Waals surface area (Å²) in [6.45, 7) is 17.8. The van der Waals surface area contributed by atoms with Crippen molar-refractivity contribution in [2.75, 3.05) is 45.2 Å². The van der Waals surface area contributed by atoms with Gasteiger partial charge in [0, 0.05) is 63.1 Å². The van der Waals surface area contributed by atoms with Gasteiger partial charge in [-0.1, -0.05) is 32.6 Å². The highest BCUT2D eigenvalue weighted by atomic mass is 16.5. The molecule has 0 aromatic heterocycles. The first-order valence-corrected chi connectivity index (χ1v) is 12.8. The lowest BCUT2D eigenvalue weighted by atomic mass is 9.97. The molecule has 0 aliphatic carbocycles. The summed E-state index contributed by atoms with van der Waals surface area (Å²) in [6.07, 6.45) is 0. The van der Waals surface area contributed by atoms with E-state index in [1.54, 1.807) is 13.2 Å². The molecule has 2 aromatic carbocycles. The molecule has 200 valence electrons. The van der Waals surface area contributed by atoms with Gasteiger partial charge in [-0.3, -0.25) is 24.9 Å². The molecule has 0 saturated carbocycles. The van der Waals surface area contributed by atoms with E-state index >= 15 is 0 Å². The molecule has 0 atom stereocenters. The van der Waals surface area contributed by atoms with Gasteiger partial charge in [-0.2, -0.15) is 0 Å². The van der Waals surface area contributed by atoms with E-state index in [-0.39, 0.29) is 17.5 Å². The summed E-state index contributed by atoms with van der Waals surface area (Å²) in [5.41, 5.74) is 3.44. The number of amidine groups is 1. The van der Waals surface area contributed by atoms with Crippen LogP contribution in [0.2, 0.25) is 0 Å². The topological polar surface area (TPSA) is 92.1 Å².